The first-order chi connectivity index (χ1) is 8.51. The minimum absolute atomic E-state index is 0.103. The van der Waals surface area contributed by atoms with Gasteiger partial charge in [-0.2, -0.15) is 5.26 Å². The summed E-state index contributed by atoms with van der Waals surface area (Å²) in [6.45, 7) is 6.91. The molecule has 1 rings (SSSR count). The van der Waals surface area contributed by atoms with Gasteiger partial charge in [0.2, 0.25) is 0 Å². The van der Waals surface area contributed by atoms with Crippen LogP contribution in [0, 0.1) is 23.1 Å². The molecular formula is C14H20FN3. The molecule has 18 heavy (non-hydrogen) atoms. The highest BCUT2D eigenvalue weighted by atomic mass is 19.1. The zero-order valence-electron chi connectivity index (χ0n) is 11.2. The molecule has 0 heterocycles. The van der Waals surface area contributed by atoms with Crippen molar-refractivity contribution in [3.8, 4) is 6.07 Å². The van der Waals surface area contributed by atoms with E-state index in [0.29, 0.717) is 12.1 Å². The Morgan fingerprint density at radius 2 is 2.11 bits per heavy atom. The predicted octanol–water partition coefficient (Wildman–Crippen LogP) is 2.83. The van der Waals surface area contributed by atoms with Crippen molar-refractivity contribution in [2.45, 2.75) is 26.8 Å². The summed E-state index contributed by atoms with van der Waals surface area (Å²) in [6, 6.07) is 6.78. The van der Waals surface area contributed by atoms with Gasteiger partial charge in [-0.25, -0.2) is 4.39 Å². The number of nitrogens with zero attached hydrogens (tertiary/aromatic N) is 2. The van der Waals surface area contributed by atoms with E-state index in [2.05, 4.69) is 6.07 Å². The molecule has 0 aromatic heterocycles. The van der Waals surface area contributed by atoms with Crippen LogP contribution in [-0.2, 0) is 0 Å². The van der Waals surface area contributed by atoms with Gasteiger partial charge in [-0.05, 0) is 32.9 Å². The zero-order valence-corrected chi connectivity index (χ0v) is 11.2. The van der Waals surface area contributed by atoms with E-state index in [1.807, 2.05) is 24.8 Å². The van der Waals surface area contributed by atoms with Crippen LogP contribution in [0.4, 0.5) is 10.1 Å². The van der Waals surface area contributed by atoms with Crippen LogP contribution >= 0.6 is 0 Å². The Morgan fingerprint density at radius 3 is 2.61 bits per heavy atom. The van der Waals surface area contributed by atoms with Crippen LogP contribution in [0.1, 0.15) is 32.4 Å². The minimum Gasteiger partial charge on any atom is -0.370 e. The second-order valence-electron chi connectivity index (χ2n) is 4.53. The van der Waals surface area contributed by atoms with Crippen LogP contribution in [0.3, 0.4) is 0 Å². The van der Waals surface area contributed by atoms with Gasteiger partial charge in [0.15, 0.2) is 0 Å². The summed E-state index contributed by atoms with van der Waals surface area (Å²) in [4.78, 5) is 2.00. The molecule has 1 aromatic rings. The topological polar surface area (TPSA) is 53.0 Å². The lowest BCUT2D eigenvalue weighted by molar-refractivity contribution is 0.589. The molecule has 0 aliphatic rings. The van der Waals surface area contributed by atoms with Crippen LogP contribution in [-0.4, -0.2) is 13.1 Å². The molecule has 0 fully saturated rings. The summed E-state index contributed by atoms with van der Waals surface area (Å²) in [5.74, 6) is -0.389. The summed E-state index contributed by atoms with van der Waals surface area (Å²) < 4.78 is 13.8. The normalized spacial score (nSPS) is 13.8. The first-order valence-electron chi connectivity index (χ1n) is 6.19. The van der Waals surface area contributed by atoms with E-state index in [1.165, 1.54) is 6.07 Å². The van der Waals surface area contributed by atoms with Gasteiger partial charge in [-0.1, -0.05) is 6.07 Å². The van der Waals surface area contributed by atoms with Crippen molar-refractivity contribution in [2.75, 3.05) is 18.0 Å². The Labute approximate surface area is 108 Å². The first-order valence-corrected chi connectivity index (χ1v) is 6.19. The lowest BCUT2D eigenvalue weighted by atomic mass is 10.0. The van der Waals surface area contributed by atoms with Gasteiger partial charge in [0, 0.05) is 30.4 Å². The molecule has 0 saturated carbocycles. The molecule has 4 heteroatoms. The van der Waals surface area contributed by atoms with Crippen LogP contribution in [0.5, 0.6) is 0 Å². The summed E-state index contributed by atoms with van der Waals surface area (Å²) in [6.07, 6.45) is 0. The van der Waals surface area contributed by atoms with Crippen LogP contribution in [0.15, 0.2) is 18.2 Å². The summed E-state index contributed by atoms with van der Waals surface area (Å²) >= 11 is 0. The van der Waals surface area contributed by atoms with Crippen molar-refractivity contribution in [3.05, 3.63) is 29.6 Å². The van der Waals surface area contributed by atoms with Crippen molar-refractivity contribution in [2.24, 2.45) is 11.7 Å². The number of halogens is 1. The standard InChI is InChI=1S/C14H20FN3/c1-4-18(9-10(2)8-16)13-7-5-6-12(15)14(13)11(3)17/h5-7,10-11H,4,9,17H2,1-3H3/t10?,11-/m1/s1. The van der Waals surface area contributed by atoms with Gasteiger partial charge >= 0.3 is 0 Å². The van der Waals surface area contributed by atoms with Gasteiger partial charge in [0.05, 0.1) is 12.0 Å². The number of hydrogen-bond donors (Lipinski definition) is 1. The lowest BCUT2D eigenvalue weighted by Crippen LogP contribution is -2.29. The van der Waals surface area contributed by atoms with Crippen LogP contribution < -0.4 is 10.6 Å². The number of hydrogen-bond acceptors (Lipinski definition) is 3. The molecule has 2 atom stereocenters. The SMILES string of the molecule is CCN(CC(C)C#N)c1cccc(F)c1[C@@H](C)N. The third kappa shape index (κ3) is 3.21. The van der Waals surface area contributed by atoms with E-state index >= 15 is 0 Å². The van der Waals surface area contributed by atoms with E-state index in [4.69, 9.17) is 11.0 Å². The number of rotatable bonds is 5. The van der Waals surface area contributed by atoms with E-state index in [0.717, 1.165) is 12.2 Å². The van der Waals surface area contributed by atoms with Gasteiger partial charge < -0.3 is 10.6 Å². The second kappa shape index (κ2) is 6.36. The van der Waals surface area contributed by atoms with E-state index in [-0.39, 0.29) is 17.8 Å². The van der Waals surface area contributed by atoms with Gasteiger partial charge in [-0.15, -0.1) is 0 Å². The van der Waals surface area contributed by atoms with Gasteiger partial charge in [0.25, 0.3) is 0 Å². The van der Waals surface area contributed by atoms with Gasteiger partial charge in [-0.3, -0.25) is 0 Å². The molecule has 0 saturated heterocycles. The number of nitriles is 1. The fourth-order valence-corrected chi connectivity index (χ4v) is 2.02. The fraction of sp³-hybridized carbons (Fsp3) is 0.500. The molecule has 0 bridgehead atoms. The maximum Gasteiger partial charge on any atom is 0.130 e. The van der Waals surface area contributed by atoms with Crippen molar-refractivity contribution in [3.63, 3.8) is 0 Å². The van der Waals surface area contributed by atoms with Gasteiger partial charge in [0.1, 0.15) is 5.82 Å². The second-order valence-corrected chi connectivity index (χ2v) is 4.53. The molecule has 0 spiro atoms. The Morgan fingerprint density at radius 1 is 1.44 bits per heavy atom. The maximum atomic E-state index is 13.8. The van der Waals surface area contributed by atoms with E-state index < -0.39 is 0 Å². The van der Waals surface area contributed by atoms with Crippen molar-refractivity contribution >= 4 is 5.69 Å². The first kappa shape index (κ1) is 14.5. The lowest BCUT2D eigenvalue weighted by Gasteiger charge is -2.28. The Hall–Kier alpha value is -1.60. The molecule has 0 amide bonds. The third-order valence-electron chi connectivity index (χ3n) is 2.92. The molecule has 1 unspecified atom stereocenters. The third-order valence-corrected chi connectivity index (χ3v) is 2.92. The summed E-state index contributed by atoms with van der Waals surface area (Å²) in [5, 5.41) is 8.88. The quantitative estimate of drug-likeness (QED) is 0.873. The van der Waals surface area contributed by atoms with Crippen molar-refractivity contribution in [1.82, 2.24) is 0 Å². The number of nitrogens with two attached hydrogens (primary N) is 1. The highest BCUT2D eigenvalue weighted by Gasteiger charge is 2.18. The largest absolute Gasteiger partial charge is 0.370 e. The smallest absolute Gasteiger partial charge is 0.130 e. The fourth-order valence-electron chi connectivity index (χ4n) is 2.02. The summed E-state index contributed by atoms with van der Waals surface area (Å²) in [7, 11) is 0. The van der Waals surface area contributed by atoms with Crippen molar-refractivity contribution < 1.29 is 4.39 Å². The molecular weight excluding hydrogens is 229 g/mol. The molecule has 3 nitrogen and oxygen atoms in total. The average molecular weight is 249 g/mol. The van der Waals surface area contributed by atoms with Crippen LogP contribution in [0.2, 0.25) is 0 Å². The number of anilines is 1. The summed E-state index contributed by atoms with van der Waals surface area (Å²) in [5.41, 5.74) is 7.14. The van der Waals surface area contributed by atoms with Crippen molar-refractivity contribution in [1.29, 1.82) is 5.26 Å². The highest BCUT2D eigenvalue weighted by Crippen LogP contribution is 2.28. The molecule has 0 aliphatic heterocycles. The zero-order chi connectivity index (χ0) is 13.7. The maximum absolute atomic E-state index is 13.8. The van der Waals surface area contributed by atoms with Crippen LogP contribution in [0.25, 0.3) is 0 Å². The van der Waals surface area contributed by atoms with E-state index in [9.17, 15) is 4.39 Å². The monoisotopic (exact) mass is 249 g/mol. The number of benzene rings is 1. The average Bonchev–Trinajstić information content (AvgIpc) is 2.34. The molecule has 0 radical (unpaired) electrons. The Kier molecular flexibility index (Phi) is 5.11. The predicted molar refractivity (Wildman–Crippen MR) is 71.7 cm³/mol. The highest BCUT2D eigenvalue weighted by molar-refractivity contribution is 5.55. The molecule has 0 aliphatic carbocycles. The molecule has 98 valence electrons. The molecule has 2 N–H and O–H groups in total. The minimum atomic E-state index is -0.368. The Balaban J connectivity index is 3.13. The van der Waals surface area contributed by atoms with E-state index in [1.54, 1.807) is 13.0 Å². The molecule has 1 aromatic carbocycles. The Bertz CT molecular complexity index is 437.